The number of aromatic nitrogens is 3. The van der Waals surface area contributed by atoms with E-state index < -0.39 is 5.41 Å². The number of carbonyl (C=O) groups excluding carboxylic acids is 2. The molecule has 0 radical (unpaired) electrons. The van der Waals surface area contributed by atoms with E-state index in [4.69, 9.17) is 0 Å². The predicted molar refractivity (Wildman–Crippen MR) is 127 cm³/mol. The van der Waals surface area contributed by atoms with Gasteiger partial charge < -0.3 is 9.80 Å². The average Bonchev–Trinajstić information content (AvgIpc) is 3.47. The Morgan fingerprint density at radius 3 is 2.55 bits per heavy atom. The Morgan fingerprint density at radius 2 is 1.88 bits per heavy atom. The number of benzene rings is 1. The van der Waals surface area contributed by atoms with Gasteiger partial charge in [-0.15, -0.1) is 0 Å². The van der Waals surface area contributed by atoms with Crippen LogP contribution in [0.1, 0.15) is 36.3 Å². The van der Waals surface area contributed by atoms with Gasteiger partial charge in [-0.2, -0.15) is 5.10 Å². The molecule has 1 fully saturated rings. The van der Waals surface area contributed by atoms with Crippen LogP contribution in [0, 0.1) is 5.41 Å². The highest BCUT2D eigenvalue weighted by Crippen LogP contribution is 2.37. The molecule has 2 amide bonds. The molecule has 2 aromatic heterocycles. The molecule has 33 heavy (non-hydrogen) atoms. The van der Waals surface area contributed by atoms with Gasteiger partial charge in [0.15, 0.2) is 0 Å². The summed E-state index contributed by atoms with van der Waals surface area (Å²) in [5, 5.41) is 4.27. The van der Waals surface area contributed by atoms with E-state index in [0.29, 0.717) is 44.7 Å². The third kappa shape index (κ3) is 4.67. The molecule has 0 N–H and O–H groups in total. The van der Waals surface area contributed by atoms with Crippen LogP contribution in [-0.4, -0.2) is 62.6 Å². The Labute approximate surface area is 195 Å². The Balaban J connectivity index is 1.64. The van der Waals surface area contributed by atoms with Crippen LogP contribution < -0.4 is 0 Å². The van der Waals surface area contributed by atoms with E-state index in [-0.39, 0.29) is 11.8 Å². The van der Waals surface area contributed by atoms with Gasteiger partial charge in [0.2, 0.25) is 5.91 Å². The van der Waals surface area contributed by atoms with Crippen LogP contribution >= 0.6 is 0 Å². The second-order valence-corrected chi connectivity index (χ2v) is 8.73. The summed E-state index contributed by atoms with van der Waals surface area (Å²) in [4.78, 5) is 34.7. The van der Waals surface area contributed by atoms with E-state index in [2.05, 4.69) is 28.3 Å². The van der Waals surface area contributed by atoms with E-state index in [0.717, 1.165) is 16.7 Å². The summed E-state index contributed by atoms with van der Waals surface area (Å²) in [7, 11) is 1.80. The Morgan fingerprint density at radius 1 is 1.09 bits per heavy atom. The lowest BCUT2D eigenvalue weighted by Crippen LogP contribution is -2.47. The summed E-state index contributed by atoms with van der Waals surface area (Å²) in [6.45, 7) is 6.26. The molecule has 7 nitrogen and oxygen atoms in total. The van der Waals surface area contributed by atoms with E-state index in [9.17, 15) is 9.59 Å². The topological polar surface area (TPSA) is 71.3 Å². The van der Waals surface area contributed by atoms with Crippen molar-refractivity contribution in [1.29, 1.82) is 0 Å². The van der Waals surface area contributed by atoms with E-state index in [1.165, 1.54) is 0 Å². The quantitative estimate of drug-likeness (QED) is 0.559. The van der Waals surface area contributed by atoms with Crippen molar-refractivity contribution in [2.45, 2.75) is 26.7 Å². The molecule has 7 heteroatoms. The van der Waals surface area contributed by atoms with Crippen molar-refractivity contribution >= 4 is 11.8 Å². The number of carbonyl (C=O) groups is 2. The summed E-state index contributed by atoms with van der Waals surface area (Å²) in [6.07, 6.45) is 6.59. The zero-order valence-corrected chi connectivity index (χ0v) is 19.6. The standard InChI is InChI=1S/C26H31N5O2/c1-4-30(5-2)25(33)26(12-15-31(19-26)24(32)23-11-14-29(3)28-23)17-20-8-6-9-21(16-20)22-10-7-13-27-18-22/h6-11,13-14,16,18H,4-5,12,15,17,19H2,1-3H3/t26-/m1/s1. The van der Waals surface area contributed by atoms with Gasteiger partial charge >= 0.3 is 0 Å². The van der Waals surface area contributed by atoms with Crippen molar-refractivity contribution in [3.63, 3.8) is 0 Å². The molecule has 0 spiro atoms. The monoisotopic (exact) mass is 445 g/mol. The average molecular weight is 446 g/mol. The number of rotatable bonds is 7. The van der Waals surface area contributed by atoms with Gasteiger partial charge in [-0.1, -0.05) is 30.3 Å². The number of hydrogen-bond donors (Lipinski definition) is 0. The molecular formula is C26H31N5O2. The van der Waals surface area contributed by atoms with Gasteiger partial charge in [0.1, 0.15) is 5.69 Å². The van der Waals surface area contributed by atoms with Crippen molar-refractivity contribution in [1.82, 2.24) is 24.6 Å². The van der Waals surface area contributed by atoms with E-state index in [1.807, 2.05) is 43.1 Å². The molecule has 3 heterocycles. The first-order chi connectivity index (χ1) is 16.0. The van der Waals surface area contributed by atoms with Crippen LogP contribution in [0.3, 0.4) is 0 Å². The summed E-state index contributed by atoms with van der Waals surface area (Å²) < 4.78 is 1.63. The number of amides is 2. The summed E-state index contributed by atoms with van der Waals surface area (Å²) in [5.74, 6) is 0.00420. The lowest BCUT2D eigenvalue weighted by atomic mass is 9.79. The number of aryl methyl sites for hydroxylation is 1. The Bertz CT molecular complexity index is 1120. The second kappa shape index (κ2) is 9.57. The number of likely N-dealkylation sites (tertiary alicyclic amines) is 1. The zero-order valence-electron chi connectivity index (χ0n) is 19.6. The van der Waals surface area contributed by atoms with Crippen molar-refractivity contribution in [2.24, 2.45) is 12.5 Å². The maximum absolute atomic E-state index is 13.8. The first kappa shape index (κ1) is 22.7. The molecule has 1 aromatic carbocycles. The molecule has 1 aliphatic rings. The molecule has 0 bridgehead atoms. The highest BCUT2D eigenvalue weighted by molar-refractivity contribution is 5.93. The van der Waals surface area contributed by atoms with Gasteiger partial charge in [0.05, 0.1) is 5.41 Å². The summed E-state index contributed by atoms with van der Waals surface area (Å²) in [6, 6.07) is 14.0. The largest absolute Gasteiger partial charge is 0.343 e. The fourth-order valence-corrected chi connectivity index (χ4v) is 4.76. The molecule has 3 aromatic rings. The zero-order chi connectivity index (χ0) is 23.4. The number of nitrogens with zero attached hydrogens (tertiary/aromatic N) is 5. The van der Waals surface area contributed by atoms with Crippen molar-refractivity contribution in [3.05, 3.63) is 72.3 Å². The van der Waals surface area contributed by atoms with E-state index in [1.54, 1.807) is 35.1 Å². The fourth-order valence-electron chi connectivity index (χ4n) is 4.76. The van der Waals surface area contributed by atoms with Crippen LogP contribution in [0.5, 0.6) is 0 Å². The lowest BCUT2D eigenvalue weighted by molar-refractivity contribution is -0.141. The van der Waals surface area contributed by atoms with Gasteiger partial charge in [0.25, 0.3) is 5.91 Å². The first-order valence-electron chi connectivity index (χ1n) is 11.5. The number of pyridine rings is 1. The van der Waals surface area contributed by atoms with Gasteiger partial charge in [-0.05, 0) is 55.5 Å². The SMILES string of the molecule is CCN(CC)C(=O)[C@@]1(Cc2cccc(-c3cccnc3)c2)CCN(C(=O)c2ccn(C)n2)C1. The third-order valence-electron chi connectivity index (χ3n) is 6.54. The molecule has 1 atom stereocenters. The molecule has 0 aliphatic carbocycles. The maximum atomic E-state index is 13.8. The fraction of sp³-hybridized carbons (Fsp3) is 0.385. The molecule has 0 unspecified atom stereocenters. The predicted octanol–water partition coefficient (Wildman–Crippen LogP) is 3.43. The Kier molecular flexibility index (Phi) is 6.58. The summed E-state index contributed by atoms with van der Waals surface area (Å²) >= 11 is 0. The van der Waals surface area contributed by atoms with Crippen LogP contribution in [0.2, 0.25) is 0 Å². The molecular weight excluding hydrogens is 414 g/mol. The first-order valence-corrected chi connectivity index (χ1v) is 11.5. The lowest BCUT2D eigenvalue weighted by Gasteiger charge is -2.33. The maximum Gasteiger partial charge on any atom is 0.274 e. The van der Waals surface area contributed by atoms with Crippen molar-refractivity contribution < 1.29 is 9.59 Å². The van der Waals surface area contributed by atoms with Crippen molar-refractivity contribution in [2.75, 3.05) is 26.2 Å². The van der Waals surface area contributed by atoms with Gasteiger partial charge in [-0.25, -0.2) is 0 Å². The number of hydrogen-bond acceptors (Lipinski definition) is 4. The third-order valence-corrected chi connectivity index (χ3v) is 6.54. The van der Waals surface area contributed by atoms with Crippen LogP contribution in [0.25, 0.3) is 11.1 Å². The van der Waals surface area contributed by atoms with Crippen molar-refractivity contribution in [3.8, 4) is 11.1 Å². The van der Waals surface area contributed by atoms with Gasteiger partial charge in [0, 0.05) is 51.8 Å². The molecule has 0 saturated carbocycles. The van der Waals surface area contributed by atoms with Crippen LogP contribution in [-0.2, 0) is 18.3 Å². The normalized spacial score (nSPS) is 17.8. The minimum absolute atomic E-state index is 0.117. The smallest absolute Gasteiger partial charge is 0.274 e. The molecule has 1 aliphatic heterocycles. The van der Waals surface area contributed by atoms with Gasteiger partial charge in [-0.3, -0.25) is 19.3 Å². The van der Waals surface area contributed by atoms with Crippen LogP contribution in [0.15, 0.2) is 61.1 Å². The molecule has 1 saturated heterocycles. The highest BCUT2D eigenvalue weighted by Gasteiger charge is 2.47. The minimum atomic E-state index is -0.649. The Hall–Kier alpha value is -3.48. The minimum Gasteiger partial charge on any atom is -0.343 e. The molecule has 172 valence electrons. The summed E-state index contributed by atoms with van der Waals surface area (Å²) in [5.41, 5.74) is 2.97. The van der Waals surface area contributed by atoms with Crippen LogP contribution in [0.4, 0.5) is 0 Å². The molecule has 4 rings (SSSR count). The highest BCUT2D eigenvalue weighted by atomic mass is 16.2. The van der Waals surface area contributed by atoms with E-state index >= 15 is 0 Å². The second-order valence-electron chi connectivity index (χ2n) is 8.73.